The molecule has 1 aliphatic carbocycles. The largest absolute Gasteiger partial charge is 0.395 e. The summed E-state index contributed by atoms with van der Waals surface area (Å²) in [6, 6.07) is 1.60. The summed E-state index contributed by atoms with van der Waals surface area (Å²) in [5, 5.41) is 3.86. The molecule has 1 N–H and O–H groups in total. The SMILES string of the molecule is Cn1nccc1CNS(=O)(=O)CC1(C(F)(F)F)CCC1. The van der Waals surface area contributed by atoms with E-state index in [2.05, 4.69) is 9.82 Å². The summed E-state index contributed by atoms with van der Waals surface area (Å²) >= 11 is 0. The predicted molar refractivity (Wildman–Crippen MR) is 66.2 cm³/mol. The molecule has 1 fully saturated rings. The monoisotopic (exact) mass is 311 g/mol. The lowest BCUT2D eigenvalue weighted by Gasteiger charge is -2.42. The van der Waals surface area contributed by atoms with E-state index in [1.54, 1.807) is 13.1 Å². The molecule has 5 nitrogen and oxygen atoms in total. The third-order valence-electron chi connectivity index (χ3n) is 3.77. The molecule has 1 aliphatic rings. The summed E-state index contributed by atoms with van der Waals surface area (Å²) in [7, 11) is -2.36. The van der Waals surface area contributed by atoms with Crippen LogP contribution in [0.4, 0.5) is 13.2 Å². The highest BCUT2D eigenvalue weighted by molar-refractivity contribution is 7.89. The van der Waals surface area contributed by atoms with Gasteiger partial charge in [-0.05, 0) is 18.9 Å². The highest BCUT2D eigenvalue weighted by Crippen LogP contribution is 2.53. The fraction of sp³-hybridized carbons (Fsp3) is 0.727. The van der Waals surface area contributed by atoms with Crippen LogP contribution < -0.4 is 4.72 Å². The molecule has 0 unspecified atom stereocenters. The number of halogens is 3. The van der Waals surface area contributed by atoms with Gasteiger partial charge in [-0.2, -0.15) is 18.3 Å². The lowest BCUT2D eigenvalue weighted by molar-refractivity contribution is -0.241. The van der Waals surface area contributed by atoms with Crippen molar-refractivity contribution >= 4 is 10.0 Å². The minimum atomic E-state index is -4.48. The van der Waals surface area contributed by atoms with Gasteiger partial charge in [0, 0.05) is 13.2 Å². The molecule has 2 rings (SSSR count). The van der Waals surface area contributed by atoms with Crippen molar-refractivity contribution in [1.29, 1.82) is 0 Å². The number of alkyl halides is 3. The van der Waals surface area contributed by atoms with E-state index in [1.165, 1.54) is 10.9 Å². The second-order valence-corrected chi connectivity index (χ2v) is 6.96. The van der Waals surface area contributed by atoms with Crippen LogP contribution in [-0.2, 0) is 23.6 Å². The second kappa shape index (κ2) is 5.03. The molecule has 0 bridgehead atoms. The minimum absolute atomic E-state index is 0.0627. The van der Waals surface area contributed by atoms with Gasteiger partial charge in [-0.15, -0.1) is 0 Å². The molecule has 0 saturated heterocycles. The van der Waals surface area contributed by atoms with E-state index in [4.69, 9.17) is 0 Å². The first-order valence-corrected chi connectivity index (χ1v) is 7.81. The van der Waals surface area contributed by atoms with Gasteiger partial charge in [0.15, 0.2) is 0 Å². The van der Waals surface area contributed by atoms with Crippen LogP contribution in [-0.4, -0.2) is 30.1 Å². The minimum Gasteiger partial charge on any atom is -0.271 e. The third-order valence-corrected chi connectivity index (χ3v) is 5.29. The van der Waals surface area contributed by atoms with Crippen LogP contribution in [0.5, 0.6) is 0 Å². The van der Waals surface area contributed by atoms with Crippen molar-refractivity contribution < 1.29 is 21.6 Å². The molecule has 1 heterocycles. The van der Waals surface area contributed by atoms with Crippen LogP contribution in [0.25, 0.3) is 0 Å². The summed E-state index contributed by atoms with van der Waals surface area (Å²) in [5.41, 5.74) is -1.49. The fourth-order valence-electron chi connectivity index (χ4n) is 2.29. The highest BCUT2D eigenvalue weighted by Gasteiger charge is 2.59. The van der Waals surface area contributed by atoms with Gasteiger partial charge in [-0.3, -0.25) is 4.68 Å². The van der Waals surface area contributed by atoms with Crippen LogP contribution in [0, 0.1) is 5.41 Å². The zero-order valence-electron chi connectivity index (χ0n) is 10.9. The molecule has 20 heavy (non-hydrogen) atoms. The zero-order valence-corrected chi connectivity index (χ0v) is 11.8. The number of sulfonamides is 1. The van der Waals surface area contributed by atoms with Crippen LogP contribution >= 0.6 is 0 Å². The number of aryl methyl sites for hydroxylation is 1. The molecule has 0 amide bonds. The topological polar surface area (TPSA) is 64.0 Å². The Bertz CT molecular complexity index is 576. The molecule has 9 heteroatoms. The van der Waals surface area contributed by atoms with E-state index in [1.807, 2.05) is 0 Å². The van der Waals surface area contributed by atoms with Gasteiger partial charge in [0.2, 0.25) is 10.0 Å². The number of rotatable bonds is 5. The summed E-state index contributed by atoms with van der Waals surface area (Å²) in [6.07, 6.45) is -2.82. The first-order valence-electron chi connectivity index (χ1n) is 6.16. The number of hydrogen-bond acceptors (Lipinski definition) is 3. The van der Waals surface area contributed by atoms with Crippen molar-refractivity contribution in [1.82, 2.24) is 14.5 Å². The van der Waals surface area contributed by atoms with Gasteiger partial charge in [-0.25, -0.2) is 13.1 Å². The number of aromatic nitrogens is 2. The van der Waals surface area contributed by atoms with Crippen LogP contribution in [0.15, 0.2) is 12.3 Å². The van der Waals surface area contributed by atoms with E-state index in [9.17, 15) is 21.6 Å². The molecule has 0 atom stereocenters. The molecule has 1 aromatic heterocycles. The maximum atomic E-state index is 13.0. The highest BCUT2D eigenvalue weighted by atomic mass is 32.2. The summed E-state index contributed by atoms with van der Waals surface area (Å²) in [5.74, 6) is -0.901. The Morgan fingerprint density at radius 3 is 2.50 bits per heavy atom. The van der Waals surface area contributed by atoms with Gasteiger partial charge in [0.05, 0.1) is 23.4 Å². The van der Waals surface area contributed by atoms with Crippen molar-refractivity contribution in [2.24, 2.45) is 12.5 Å². The number of nitrogens with one attached hydrogen (secondary N) is 1. The average Bonchev–Trinajstić information content (AvgIpc) is 2.65. The first kappa shape index (κ1) is 15.3. The quantitative estimate of drug-likeness (QED) is 0.898. The molecule has 1 aromatic rings. The molecule has 0 aliphatic heterocycles. The third kappa shape index (κ3) is 2.98. The molecule has 0 radical (unpaired) electrons. The summed E-state index contributed by atoms with van der Waals surface area (Å²) < 4.78 is 66.2. The lowest BCUT2D eigenvalue weighted by atomic mass is 9.70. The summed E-state index contributed by atoms with van der Waals surface area (Å²) in [4.78, 5) is 0. The molecule has 1 saturated carbocycles. The Morgan fingerprint density at radius 2 is 2.10 bits per heavy atom. The Morgan fingerprint density at radius 1 is 1.45 bits per heavy atom. The van der Waals surface area contributed by atoms with Crippen LogP contribution in [0.2, 0.25) is 0 Å². The van der Waals surface area contributed by atoms with E-state index >= 15 is 0 Å². The second-order valence-electron chi connectivity index (χ2n) is 5.16. The Hall–Kier alpha value is -1.09. The molecule has 0 spiro atoms. The van der Waals surface area contributed by atoms with Crippen molar-refractivity contribution in [2.45, 2.75) is 32.0 Å². The van der Waals surface area contributed by atoms with Crippen molar-refractivity contribution in [3.63, 3.8) is 0 Å². The normalized spacial score (nSPS) is 18.8. The van der Waals surface area contributed by atoms with Gasteiger partial charge in [-0.1, -0.05) is 6.42 Å². The number of nitrogens with zero attached hydrogens (tertiary/aromatic N) is 2. The average molecular weight is 311 g/mol. The van der Waals surface area contributed by atoms with Crippen LogP contribution in [0.1, 0.15) is 25.0 Å². The molecular weight excluding hydrogens is 295 g/mol. The molecular formula is C11H16F3N3O2S. The van der Waals surface area contributed by atoms with Crippen LogP contribution in [0.3, 0.4) is 0 Å². The first-order chi connectivity index (χ1) is 9.15. The molecule has 0 aromatic carbocycles. The summed E-state index contributed by atoms with van der Waals surface area (Å²) in [6.45, 7) is -0.0627. The van der Waals surface area contributed by atoms with Gasteiger partial charge in [0.25, 0.3) is 0 Å². The van der Waals surface area contributed by atoms with Gasteiger partial charge >= 0.3 is 6.18 Å². The maximum absolute atomic E-state index is 13.0. The van der Waals surface area contributed by atoms with Crippen molar-refractivity contribution in [2.75, 3.05) is 5.75 Å². The standard InChI is InChI=1S/C11H16F3N3O2S/c1-17-9(3-6-15-17)7-16-20(18,19)8-10(4-2-5-10)11(12,13)14/h3,6,16H,2,4-5,7-8H2,1H3. The Balaban J connectivity index is 2.03. The lowest BCUT2D eigenvalue weighted by Crippen LogP contribution is -2.50. The van der Waals surface area contributed by atoms with E-state index in [0.717, 1.165) is 0 Å². The molecule has 114 valence electrons. The predicted octanol–water partition coefficient (Wildman–Crippen LogP) is 1.57. The van der Waals surface area contributed by atoms with Crippen molar-refractivity contribution in [3.05, 3.63) is 18.0 Å². The Kier molecular flexibility index (Phi) is 3.85. The van der Waals surface area contributed by atoms with Gasteiger partial charge in [0.1, 0.15) is 0 Å². The fourth-order valence-corrected chi connectivity index (χ4v) is 3.94. The van der Waals surface area contributed by atoms with E-state index < -0.39 is 27.4 Å². The van der Waals surface area contributed by atoms with E-state index in [-0.39, 0.29) is 19.4 Å². The van der Waals surface area contributed by atoms with Crippen molar-refractivity contribution in [3.8, 4) is 0 Å². The Labute approximate surface area is 115 Å². The van der Waals surface area contributed by atoms with Gasteiger partial charge < -0.3 is 0 Å². The zero-order chi connectivity index (χ0) is 15.0. The maximum Gasteiger partial charge on any atom is 0.395 e. The smallest absolute Gasteiger partial charge is 0.271 e. The number of hydrogen-bond donors (Lipinski definition) is 1. The van der Waals surface area contributed by atoms with E-state index in [0.29, 0.717) is 12.1 Å².